The van der Waals surface area contributed by atoms with Crippen LogP contribution in [0.1, 0.15) is 24.3 Å². The quantitative estimate of drug-likeness (QED) is 0.666. The fraction of sp³-hybridized carbons (Fsp3) is 0.286. The maximum absolute atomic E-state index is 12.7. The first-order valence-corrected chi connectivity index (χ1v) is 8.48. The molecular formula is C21H23NO4. The SMILES string of the molecule is COc1ccc(CC(=O)N(C)C(C)c2cc3ccccc3o2)cc1OC. The van der Waals surface area contributed by atoms with E-state index in [1.807, 2.05) is 55.5 Å². The first kappa shape index (κ1) is 17.9. The molecule has 0 fully saturated rings. The van der Waals surface area contributed by atoms with Gasteiger partial charge in [0.05, 0.1) is 26.7 Å². The molecule has 0 N–H and O–H groups in total. The summed E-state index contributed by atoms with van der Waals surface area (Å²) in [4.78, 5) is 14.4. The maximum Gasteiger partial charge on any atom is 0.227 e. The Balaban J connectivity index is 1.74. The second kappa shape index (κ2) is 7.52. The van der Waals surface area contributed by atoms with Gasteiger partial charge in [0.1, 0.15) is 11.3 Å². The Morgan fingerprint density at radius 3 is 2.50 bits per heavy atom. The van der Waals surface area contributed by atoms with Crippen molar-refractivity contribution in [3.05, 3.63) is 59.9 Å². The number of hydrogen-bond acceptors (Lipinski definition) is 4. The van der Waals surface area contributed by atoms with Crippen LogP contribution in [0.25, 0.3) is 11.0 Å². The molecule has 0 spiro atoms. The van der Waals surface area contributed by atoms with Gasteiger partial charge >= 0.3 is 0 Å². The molecule has 0 aliphatic carbocycles. The van der Waals surface area contributed by atoms with E-state index in [1.165, 1.54) is 0 Å². The predicted molar refractivity (Wildman–Crippen MR) is 101 cm³/mol. The lowest BCUT2D eigenvalue weighted by molar-refractivity contribution is -0.131. The Labute approximate surface area is 153 Å². The topological polar surface area (TPSA) is 51.9 Å². The highest BCUT2D eigenvalue weighted by Gasteiger charge is 2.21. The van der Waals surface area contributed by atoms with Crippen LogP contribution in [-0.4, -0.2) is 32.1 Å². The summed E-state index contributed by atoms with van der Waals surface area (Å²) in [6.07, 6.45) is 0.279. The zero-order valence-corrected chi connectivity index (χ0v) is 15.5. The van der Waals surface area contributed by atoms with Crippen molar-refractivity contribution in [3.63, 3.8) is 0 Å². The molecule has 0 aliphatic heterocycles. The number of ether oxygens (including phenoxy) is 2. The van der Waals surface area contributed by atoms with Gasteiger partial charge in [-0.05, 0) is 36.8 Å². The third-order valence-corrected chi connectivity index (χ3v) is 4.63. The van der Waals surface area contributed by atoms with Gasteiger partial charge in [0, 0.05) is 12.4 Å². The second-order valence-corrected chi connectivity index (χ2v) is 6.23. The molecule has 0 saturated heterocycles. The fourth-order valence-electron chi connectivity index (χ4n) is 2.91. The minimum absolute atomic E-state index is 0.00479. The number of likely N-dealkylation sites (N-methyl/N-ethyl adjacent to an activating group) is 1. The van der Waals surface area contributed by atoms with Crippen molar-refractivity contribution >= 4 is 16.9 Å². The van der Waals surface area contributed by atoms with E-state index in [2.05, 4.69) is 0 Å². The molecule has 5 heteroatoms. The lowest BCUT2D eigenvalue weighted by Crippen LogP contribution is -2.30. The van der Waals surface area contributed by atoms with Crippen LogP contribution in [0.15, 0.2) is 52.9 Å². The van der Waals surface area contributed by atoms with Crippen LogP contribution in [0, 0.1) is 0 Å². The number of furan rings is 1. The van der Waals surface area contributed by atoms with Crippen molar-refractivity contribution < 1.29 is 18.7 Å². The minimum atomic E-state index is -0.157. The summed E-state index contributed by atoms with van der Waals surface area (Å²) in [5.41, 5.74) is 1.70. The van der Waals surface area contributed by atoms with Crippen LogP contribution >= 0.6 is 0 Å². The lowest BCUT2D eigenvalue weighted by Gasteiger charge is -2.23. The van der Waals surface area contributed by atoms with Crippen molar-refractivity contribution in [2.45, 2.75) is 19.4 Å². The molecule has 136 valence electrons. The number of benzene rings is 2. The number of carbonyl (C=O) groups excluding carboxylic acids is 1. The van der Waals surface area contributed by atoms with Crippen LogP contribution in [-0.2, 0) is 11.2 Å². The van der Waals surface area contributed by atoms with Crippen LogP contribution in [0.4, 0.5) is 0 Å². The fourth-order valence-corrected chi connectivity index (χ4v) is 2.91. The Kier molecular flexibility index (Phi) is 5.16. The zero-order valence-electron chi connectivity index (χ0n) is 15.5. The summed E-state index contributed by atoms with van der Waals surface area (Å²) >= 11 is 0. The Morgan fingerprint density at radius 1 is 1.08 bits per heavy atom. The molecule has 3 rings (SSSR count). The summed E-state index contributed by atoms with van der Waals surface area (Å²) < 4.78 is 16.4. The first-order valence-electron chi connectivity index (χ1n) is 8.48. The Bertz CT molecular complexity index is 882. The number of nitrogens with zero attached hydrogens (tertiary/aromatic N) is 1. The lowest BCUT2D eigenvalue weighted by atomic mass is 10.1. The number of rotatable bonds is 6. The monoisotopic (exact) mass is 353 g/mol. The van der Waals surface area contributed by atoms with Crippen molar-refractivity contribution in [2.75, 3.05) is 21.3 Å². The highest BCUT2D eigenvalue weighted by molar-refractivity contribution is 5.80. The molecule has 1 amide bonds. The number of methoxy groups -OCH3 is 2. The van der Waals surface area contributed by atoms with Crippen LogP contribution in [0.2, 0.25) is 0 Å². The molecule has 1 atom stereocenters. The van der Waals surface area contributed by atoms with Crippen LogP contribution < -0.4 is 9.47 Å². The van der Waals surface area contributed by atoms with Gasteiger partial charge in [0.2, 0.25) is 5.91 Å². The highest BCUT2D eigenvalue weighted by atomic mass is 16.5. The second-order valence-electron chi connectivity index (χ2n) is 6.23. The largest absolute Gasteiger partial charge is 0.493 e. The van der Waals surface area contributed by atoms with Gasteiger partial charge in [-0.15, -0.1) is 0 Å². The van der Waals surface area contributed by atoms with E-state index in [0.29, 0.717) is 11.5 Å². The van der Waals surface area contributed by atoms with Crippen molar-refractivity contribution in [1.82, 2.24) is 4.90 Å². The predicted octanol–water partition coefficient (Wildman–Crippen LogP) is 4.21. The van der Waals surface area contributed by atoms with E-state index in [4.69, 9.17) is 13.9 Å². The van der Waals surface area contributed by atoms with E-state index in [9.17, 15) is 4.79 Å². The first-order chi connectivity index (χ1) is 12.5. The highest BCUT2D eigenvalue weighted by Crippen LogP contribution is 2.29. The van der Waals surface area contributed by atoms with Gasteiger partial charge < -0.3 is 18.8 Å². The molecule has 1 heterocycles. The van der Waals surface area contributed by atoms with Crippen molar-refractivity contribution in [3.8, 4) is 11.5 Å². The van der Waals surface area contributed by atoms with Crippen molar-refractivity contribution in [1.29, 1.82) is 0 Å². The molecule has 0 saturated carbocycles. The summed E-state index contributed by atoms with van der Waals surface area (Å²) in [5, 5.41) is 1.04. The van der Waals surface area contributed by atoms with Gasteiger partial charge in [0.25, 0.3) is 0 Å². The van der Waals surface area contributed by atoms with E-state index >= 15 is 0 Å². The number of amides is 1. The van der Waals surface area contributed by atoms with E-state index in [-0.39, 0.29) is 18.4 Å². The van der Waals surface area contributed by atoms with Gasteiger partial charge in [-0.1, -0.05) is 24.3 Å². The Morgan fingerprint density at radius 2 is 1.81 bits per heavy atom. The average molecular weight is 353 g/mol. The summed E-state index contributed by atoms with van der Waals surface area (Å²) in [7, 11) is 4.96. The number of carbonyl (C=O) groups is 1. The molecule has 26 heavy (non-hydrogen) atoms. The molecule has 5 nitrogen and oxygen atoms in total. The van der Waals surface area contributed by atoms with Gasteiger partial charge in [0.15, 0.2) is 11.5 Å². The average Bonchev–Trinajstić information content (AvgIpc) is 3.10. The van der Waals surface area contributed by atoms with Crippen LogP contribution in [0.5, 0.6) is 11.5 Å². The molecule has 0 radical (unpaired) electrons. The van der Waals surface area contributed by atoms with Gasteiger partial charge in [-0.2, -0.15) is 0 Å². The number of para-hydroxylation sites is 1. The van der Waals surface area contributed by atoms with E-state index in [0.717, 1.165) is 22.3 Å². The molecule has 0 aliphatic rings. The van der Waals surface area contributed by atoms with Crippen LogP contribution in [0.3, 0.4) is 0 Å². The normalized spacial score (nSPS) is 12.0. The summed E-state index contributed by atoms with van der Waals surface area (Å²) in [6, 6.07) is 15.2. The number of fused-ring (bicyclic) bond motifs is 1. The standard InChI is InChI=1S/C21H23NO4/c1-14(19-13-16-7-5-6-8-17(16)26-19)22(2)21(23)12-15-9-10-18(24-3)20(11-15)25-4/h5-11,13-14H,12H2,1-4H3. The molecular weight excluding hydrogens is 330 g/mol. The summed E-state index contributed by atoms with van der Waals surface area (Å²) in [6.45, 7) is 1.96. The van der Waals surface area contributed by atoms with E-state index in [1.54, 1.807) is 26.2 Å². The third-order valence-electron chi connectivity index (χ3n) is 4.63. The Hall–Kier alpha value is -2.95. The molecule has 3 aromatic rings. The number of hydrogen-bond donors (Lipinski definition) is 0. The zero-order chi connectivity index (χ0) is 18.7. The van der Waals surface area contributed by atoms with Crippen molar-refractivity contribution in [2.24, 2.45) is 0 Å². The smallest absolute Gasteiger partial charge is 0.227 e. The molecule has 2 aromatic carbocycles. The van der Waals surface area contributed by atoms with Gasteiger partial charge in [-0.25, -0.2) is 0 Å². The molecule has 0 bridgehead atoms. The van der Waals surface area contributed by atoms with E-state index < -0.39 is 0 Å². The minimum Gasteiger partial charge on any atom is -0.493 e. The van der Waals surface area contributed by atoms with Gasteiger partial charge in [-0.3, -0.25) is 4.79 Å². The molecule has 1 aromatic heterocycles. The maximum atomic E-state index is 12.7. The molecule has 1 unspecified atom stereocenters. The summed E-state index contributed by atoms with van der Waals surface area (Å²) in [5.74, 6) is 2.04. The third kappa shape index (κ3) is 3.52.